The predicted molar refractivity (Wildman–Crippen MR) is 74.4 cm³/mol. The van der Waals surface area contributed by atoms with Gasteiger partial charge in [-0.1, -0.05) is 30.3 Å². The van der Waals surface area contributed by atoms with Gasteiger partial charge in [0.15, 0.2) is 0 Å². The van der Waals surface area contributed by atoms with Gasteiger partial charge in [0.25, 0.3) is 0 Å². The molecule has 0 saturated heterocycles. The third-order valence-corrected chi connectivity index (χ3v) is 1.03. The number of hydrogen-bond donors (Lipinski definition) is 1. The van der Waals surface area contributed by atoms with E-state index < -0.39 is 0 Å². The molecule has 1 atom stereocenters. The summed E-state index contributed by atoms with van der Waals surface area (Å²) in [6.07, 6.45) is 0. The first kappa shape index (κ1) is 23.1. The average Bonchev–Trinajstić information content (AvgIpc) is 1.90. The van der Waals surface area contributed by atoms with Crippen LogP contribution in [-0.2, 0) is 6.61 Å². The Bertz CT molecular complexity index is 160. The van der Waals surface area contributed by atoms with Crippen LogP contribution >= 0.6 is 60.8 Å². The predicted octanol–water partition coefficient (Wildman–Crippen LogP) is 2.97. The summed E-state index contributed by atoms with van der Waals surface area (Å²) in [4.78, 5) is 0. The molecule has 5 heteroatoms. The molecule has 1 nitrogen and oxygen atoms in total. The Labute approximate surface area is 108 Å². The smallest absolute Gasteiger partial charge is 0.0681 e. The second-order valence-corrected chi connectivity index (χ2v) is 1.64. The van der Waals surface area contributed by atoms with Crippen molar-refractivity contribution in [1.82, 2.24) is 0 Å². The van der Waals surface area contributed by atoms with E-state index in [0.717, 1.165) is 5.56 Å². The first-order chi connectivity index (χ1) is 3.93. The van der Waals surface area contributed by atoms with E-state index in [4.69, 9.17) is 5.11 Å². The van der Waals surface area contributed by atoms with Gasteiger partial charge in [0.05, 0.1) is 6.61 Å². The van der Waals surface area contributed by atoms with Gasteiger partial charge in [-0.25, -0.2) is 0 Å². The highest BCUT2D eigenvalue weighted by Gasteiger charge is 1.81. The van der Waals surface area contributed by atoms with Gasteiger partial charge in [0.1, 0.15) is 0 Å². The van der Waals surface area contributed by atoms with Gasteiger partial charge >= 0.3 is 0 Å². The molecule has 12 heavy (non-hydrogen) atoms. The second-order valence-electron chi connectivity index (χ2n) is 1.64. The van der Waals surface area contributed by atoms with Crippen LogP contribution in [0.1, 0.15) is 5.56 Å². The van der Waals surface area contributed by atoms with Gasteiger partial charge < -0.3 is 5.11 Å². The van der Waals surface area contributed by atoms with Crippen LogP contribution in [0.5, 0.6) is 0 Å². The summed E-state index contributed by atoms with van der Waals surface area (Å²) < 4.78 is 0. The quantitative estimate of drug-likeness (QED) is 0.738. The minimum absolute atomic E-state index is 0. The molecule has 0 spiro atoms. The largest absolute Gasteiger partial charge is 0.392 e. The summed E-state index contributed by atoms with van der Waals surface area (Å²) >= 11 is 0. The third-order valence-electron chi connectivity index (χ3n) is 1.03. The summed E-state index contributed by atoms with van der Waals surface area (Å²) in [5.74, 6) is 0. The molecule has 1 aromatic rings. The van der Waals surface area contributed by atoms with Gasteiger partial charge in [0.2, 0.25) is 0 Å². The molecule has 0 saturated carbocycles. The van der Waals surface area contributed by atoms with E-state index in [-0.39, 0.29) is 67.5 Å². The molecule has 0 fully saturated rings. The SMILES string of the molecule is Br.Br.Br.OCc1ccccc1.P. The van der Waals surface area contributed by atoms with Crippen molar-refractivity contribution in [2.24, 2.45) is 0 Å². The van der Waals surface area contributed by atoms with E-state index in [1.807, 2.05) is 30.3 Å². The van der Waals surface area contributed by atoms with Crippen molar-refractivity contribution in [3.05, 3.63) is 35.9 Å². The van der Waals surface area contributed by atoms with Crippen molar-refractivity contribution in [2.75, 3.05) is 0 Å². The number of benzene rings is 1. The van der Waals surface area contributed by atoms with Gasteiger partial charge in [-0.3, -0.25) is 0 Å². The van der Waals surface area contributed by atoms with E-state index in [2.05, 4.69) is 0 Å². The first-order valence-electron chi connectivity index (χ1n) is 2.58. The molecule has 0 heterocycles. The molecule has 0 aliphatic carbocycles. The highest BCUT2D eigenvalue weighted by atomic mass is 79.9. The minimum atomic E-state index is 0. The Morgan fingerprint density at radius 3 is 1.58 bits per heavy atom. The van der Waals surface area contributed by atoms with E-state index in [1.165, 1.54) is 0 Å². The molecule has 0 aliphatic rings. The normalized spacial score (nSPS) is 6.08. The monoisotopic (exact) mass is 382 g/mol. The van der Waals surface area contributed by atoms with Crippen LogP contribution in [0.25, 0.3) is 0 Å². The maximum Gasteiger partial charge on any atom is 0.0681 e. The molecule has 1 N–H and O–H groups in total. The Hall–Kier alpha value is 1.05. The van der Waals surface area contributed by atoms with Gasteiger partial charge in [-0.2, -0.15) is 9.90 Å². The number of aliphatic hydroxyl groups excluding tert-OH is 1. The molecule has 1 rings (SSSR count). The van der Waals surface area contributed by atoms with Crippen LogP contribution in [0.15, 0.2) is 30.3 Å². The lowest BCUT2D eigenvalue weighted by Crippen LogP contribution is -1.77. The average molecular weight is 385 g/mol. The molecule has 0 aromatic heterocycles. The van der Waals surface area contributed by atoms with E-state index >= 15 is 0 Å². The number of aliphatic hydroxyl groups is 1. The fourth-order valence-corrected chi connectivity index (χ4v) is 0.583. The Morgan fingerprint density at radius 1 is 0.917 bits per heavy atom. The van der Waals surface area contributed by atoms with Crippen LogP contribution in [0.3, 0.4) is 0 Å². The summed E-state index contributed by atoms with van der Waals surface area (Å²) in [6.45, 7) is 0.140. The van der Waals surface area contributed by atoms with Crippen LogP contribution < -0.4 is 0 Å². The lowest BCUT2D eigenvalue weighted by Gasteiger charge is -1.89. The summed E-state index contributed by atoms with van der Waals surface area (Å²) in [7, 11) is 0. The fraction of sp³-hybridized carbons (Fsp3) is 0.143. The third kappa shape index (κ3) is 9.14. The van der Waals surface area contributed by atoms with Crippen molar-refractivity contribution in [3.8, 4) is 0 Å². The Morgan fingerprint density at radius 2 is 1.33 bits per heavy atom. The zero-order chi connectivity index (χ0) is 5.82. The van der Waals surface area contributed by atoms with E-state index in [0.29, 0.717) is 0 Å². The standard InChI is InChI=1S/C7H8O.3BrH.H3P/c8-6-7-4-2-1-3-5-7;;;;/h1-5,8H,6H2;3*1H;1H3. The molecule has 74 valence electrons. The van der Waals surface area contributed by atoms with Crippen molar-refractivity contribution >= 4 is 60.8 Å². The molecule has 0 amide bonds. The molecule has 0 aliphatic heterocycles. The highest BCUT2D eigenvalue weighted by Crippen LogP contribution is 1.95. The topological polar surface area (TPSA) is 20.2 Å². The van der Waals surface area contributed by atoms with Crippen LogP contribution in [0, 0.1) is 0 Å². The molecule has 0 radical (unpaired) electrons. The van der Waals surface area contributed by atoms with Crippen LogP contribution in [0.2, 0.25) is 0 Å². The number of rotatable bonds is 1. The maximum atomic E-state index is 8.54. The number of hydrogen-bond acceptors (Lipinski definition) is 1. The fourth-order valence-electron chi connectivity index (χ4n) is 0.583. The second kappa shape index (κ2) is 14.6. The van der Waals surface area contributed by atoms with Crippen LogP contribution in [0.4, 0.5) is 0 Å². The van der Waals surface area contributed by atoms with Crippen molar-refractivity contribution < 1.29 is 5.11 Å². The summed E-state index contributed by atoms with van der Waals surface area (Å²) in [5, 5.41) is 8.54. The lowest BCUT2D eigenvalue weighted by molar-refractivity contribution is 0.282. The van der Waals surface area contributed by atoms with E-state index in [9.17, 15) is 0 Å². The highest BCUT2D eigenvalue weighted by molar-refractivity contribution is 8.93. The molecule has 0 bridgehead atoms. The Kier molecular flexibility index (Phi) is 28.1. The first-order valence-corrected chi connectivity index (χ1v) is 2.58. The van der Waals surface area contributed by atoms with Gasteiger partial charge in [0, 0.05) is 0 Å². The van der Waals surface area contributed by atoms with Crippen LogP contribution in [-0.4, -0.2) is 5.11 Å². The van der Waals surface area contributed by atoms with Gasteiger partial charge in [-0.05, 0) is 5.56 Å². The summed E-state index contributed by atoms with van der Waals surface area (Å²) in [5.41, 5.74) is 0.965. The summed E-state index contributed by atoms with van der Waals surface area (Å²) in [6, 6.07) is 9.52. The molecule has 1 unspecified atom stereocenters. The Balaban J connectivity index is -0.0000000800. The van der Waals surface area contributed by atoms with E-state index in [1.54, 1.807) is 0 Å². The molecule has 1 aromatic carbocycles. The van der Waals surface area contributed by atoms with Crippen molar-refractivity contribution in [1.29, 1.82) is 0 Å². The minimum Gasteiger partial charge on any atom is -0.392 e. The van der Waals surface area contributed by atoms with Crippen molar-refractivity contribution in [2.45, 2.75) is 6.61 Å². The number of halogens is 3. The zero-order valence-corrected chi connectivity index (χ0v) is 13.0. The van der Waals surface area contributed by atoms with Crippen molar-refractivity contribution in [3.63, 3.8) is 0 Å². The lowest BCUT2D eigenvalue weighted by atomic mass is 10.2. The zero-order valence-electron chi connectivity index (χ0n) is 6.47. The molecular weight excluding hydrogens is 371 g/mol. The van der Waals surface area contributed by atoms with Gasteiger partial charge in [-0.15, -0.1) is 50.9 Å². The maximum absolute atomic E-state index is 8.54. The molecular formula is C7H14Br3OP.